The lowest BCUT2D eigenvalue weighted by atomic mass is 10.4. The van der Waals surface area contributed by atoms with Crippen LogP contribution in [0.1, 0.15) is 13.8 Å². The molecule has 1 aromatic heterocycles. The maximum atomic E-state index is 9.19. The van der Waals surface area contributed by atoms with E-state index in [1.54, 1.807) is 14.0 Å². The van der Waals surface area contributed by atoms with Crippen LogP contribution in [-0.2, 0) is 0 Å². The van der Waals surface area contributed by atoms with E-state index in [2.05, 4.69) is 20.6 Å². The molecule has 6 heteroatoms. The minimum atomic E-state index is -0.442. The summed E-state index contributed by atoms with van der Waals surface area (Å²) >= 11 is 0. The number of hydrogen-bond acceptors (Lipinski definition) is 6. The van der Waals surface area contributed by atoms with E-state index in [0.29, 0.717) is 23.9 Å². The lowest BCUT2D eigenvalue weighted by molar-refractivity contribution is 0.208. The van der Waals surface area contributed by atoms with Crippen molar-refractivity contribution in [3.05, 3.63) is 6.33 Å². The summed E-state index contributed by atoms with van der Waals surface area (Å²) in [5.41, 5.74) is 0. The Morgan fingerprint density at radius 2 is 2.00 bits per heavy atom. The molecule has 0 fully saturated rings. The second-order valence-corrected chi connectivity index (χ2v) is 3.36. The van der Waals surface area contributed by atoms with Crippen molar-refractivity contribution < 1.29 is 9.84 Å². The lowest BCUT2D eigenvalue weighted by Crippen LogP contribution is -2.17. The summed E-state index contributed by atoms with van der Waals surface area (Å²) in [7, 11) is 1.56. The Morgan fingerprint density at radius 1 is 1.38 bits per heavy atom. The van der Waals surface area contributed by atoms with Gasteiger partial charge in [0, 0.05) is 13.1 Å². The van der Waals surface area contributed by atoms with Crippen LogP contribution in [0.25, 0.3) is 0 Å². The third-order valence-corrected chi connectivity index (χ3v) is 1.92. The highest BCUT2D eigenvalue weighted by molar-refractivity contribution is 5.63. The van der Waals surface area contributed by atoms with Gasteiger partial charge in [-0.05, 0) is 13.8 Å². The summed E-state index contributed by atoms with van der Waals surface area (Å²) in [5.74, 6) is 1.78. The lowest BCUT2D eigenvalue weighted by Gasteiger charge is -2.14. The monoisotopic (exact) mass is 226 g/mol. The molecule has 6 nitrogen and oxygen atoms in total. The number of nitrogens with zero attached hydrogens (tertiary/aromatic N) is 2. The molecule has 90 valence electrons. The largest absolute Gasteiger partial charge is 0.490 e. The maximum absolute atomic E-state index is 9.19. The number of aliphatic hydroxyl groups excluding tert-OH is 1. The summed E-state index contributed by atoms with van der Waals surface area (Å²) in [6.07, 6.45) is 1.01. The van der Waals surface area contributed by atoms with Crippen LogP contribution in [0, 0.1) is 0 Å². The zero-order valence-corrected chi connectivity index (χ0v) is 9.82. The minimum absolute atomic E-state index is 0.416. The molecule has 1 aromatic rings. The highest BCUT2D eigenvalue weighted by atomic mass is 16.5. The number of aliphatic hydroxyl groups is 1. The van der Waals surface area contributed by atoms with Gasteiger partial charge in [0.05, 0.1) is 13.2 Å². The van der Waals surface area contributed by atoms with E-state index in [1.807, 2.05) is 6.92 Å². The molecule has 16 heavy (non-hydrogen) atoms. The third-order valence-electron chi connectivity index (χ3n) is 1.92. The van der Waals surface area contributed by atoms with Crippen molar-refractivity contribution in [2.24, 2.45) is 0 Å². The van der Waals surface area contributed by atoms with E-state index in [4.69, 9.17) is 4.74 Å². The first-order chi connectivity index (χ1) is 7.69. The summed E-state index contributed by atoms with van der Waals surface area (Å²) < 4.78 is 5.23. The van der Waals surface area contributed by atoms with Gasteiger partial charge >= 0.3 is 0 Å². The van der Waals surface area contributed by atoms with Gasteiger partial charge in [0.2, 0.25) is 5.75 Å². The molecule has 0 aliphatic heterocycles. The van der Waals surface area contributed by atoms with Gasteiger partial charge in [-0.1, -0.05) is 0 Å². The zero-order chi connectivity index (χ0) is 12.0. The molecule has 0 amide bonds. The maximum Gasteiger partial charge on any atom is 0.204 e. The van der Waals surface area contributed by atoms with E-state index in [0.717, 1.165) is 6.54 Å². The number of nitrogens with one attached hydrogen (secondary N) is 2. The van der Waals surface area contributed by atoms with Crippen LogP contribution in [0.3, 0.4) is 0 Å². The molecule has 3 N–H and O–H groups in total. The number of anilines is 2. The van der Waals surface area contributed by atoms with Crippen molar-refractivity contribution in [1.29, 1.82) is 0 Å². The van der Waals surface area contributed by atoms with Crippen LogP contribution >= 0.6 is 0 Å². The van der Waals surface area contributed by atoms with Gasteiger partial charge < -0.3 is 20.5 Å². The summed E-state index contributed by atoms with van der Waals surface area (Å²) in [6.45, 7) is 4.85. The predicted octanol–water partition coefficient (Wildman–Crippen LogP) is 0.710. The number of aromatic nitrogens is 2. The molecule has 0 spiro atoms. The number of methoxy groups -OCH3 is 1. The molecule has 0 bridgehead atoms. The minimum Gasteiger partial charge on any atom is -0.490 e. The van der Waals surface area contributed by atoms with E-state index < -0.39 is 6.10 Å². The van der Waals surface area contributed by atoms with Crippen LogP contribution in [0.15, 0.2) is 6.33 Å². The smallest absolute Gasteiger partial charge is 0.204 e. The summed E-state index contributed by atoms with van der Waals surface area (Å²) in [5, 5.41) is 15.3. The Bertz CT molecular complexity index is 331. The van der Waals surface area contributed by atoms with Crippen LogP contribution in [0.2, 0.25) is 0 Å². The van der Waals surface area contributed by atoms with E-state index in [1.165, 1.54) is 6.33 Å². The summed E-state index contributed by atoms with van der Waals surface area (Å²) in [6, 6.07) is 0. The average molecular weight is 226 g/mol. The van der Waals surface area contributed by atoms with Gasteiger partial charge in [-0.2, -0.15) is 0 Å². The molecular weight excluding hydrogens is 208 g/mol. The number of rotatable bonds is 6. The Hall–Kier alpha value is -1.56. The fourth-order valence-corrected chi connectivity index (χ4v) is 1.23. The molecule has 0 saturated carbocycles. The first-order valence-electron chi connectivity index (χ1n) is 5.23. The molecule has 1 heterocycles. The molecule has 1 rings (SSSR count). The van der Waals surface area contributed by atoms with Crippen LogP contribution < -0.4 is 15.4 Å². The van der Waals surface area contributed by atoms with Gasteiger partial charge in [0.15, 0.2) is 11.6 Å². The normalized spacial score (nSPS) is 12.0. The second kappa shape index (κ2) is 6.12. The fourth-order valence-electron chi connectivity index (χ4n) is 1.23. The number of hydrogen-bond donors (Lipinski definition) is 3. The van der Waals surface area contributed by atoms with Crippen molar-refractivity contribution in [3.8, 4) is 5.75 Å². The zero-order valence-electron chi connectivity index (χ0n) is 9.82. The van der Waals surface area contributed by atoms with Crippen LogP contribution in [0.5, 0.6) is 5.75 Å². The molecule has 1 atom stereocenters. The SMILES string of the molecule is CCNc1ncnc(NCC(C)O)c1OC. The Kier molecular flexibility index (Phi) is 4.78. The van der Waals surface area contributed by atoms with E-state index in [-0.39, 0.29) is 0 Å². The molecule has 0 radical (unpaired) electrons. The molecule has 0 saturated heterocycles. The van der Waals surface area contributed by atoms with Crippen LogP contribution in [0.4, 0.5) is 11.6 Å². The first-order valence-corrected chi connectivity index (χ1v) is 5.23. The topological polar surface area (TPSA) is 79.3 Å². The van der Waals surface area contributed by atoms with Gasteiger partial charge in [-0.25, -0.2) is 9.97 Å². The Labute approximate surface area is 95.1 Å². The Morgan fingerprint density at radius 3 is 2.50 bits per heavy atom. The third kappa shape index (κ3) is 3.23. The van der Waals surface area contributed by atoms with Gasteiger partial charge in [0.1, 0.15) is 6.33 Å². The molecule has 1 unspecified atom stereocenters. The Balaban J connectivity index is 2.85. The summed E-state index contributed by atoms with van der Waals surface area (Å²) in [4.78, 5) is 8.14. The highest BCUT2D eigenvalue weighted by Gasteiger charge is 2.11. The predicted molar refractivity (Wildman–Crippen MR) is 62.9 cm³/mol. The van der Waals surface area contributed by atoms with Gasteiger partial charge in [0.25, 0.3) is 0 Å². The average Bonchev–Trinajstić information content (AvgIpc) is 2.27. The number of ether oxygens (including phenoxy) is 1. The van der Waals surface area contributed by atoms with Crippen molar-refractivity contribution in [1.82, 2.24) is 9.97 Å². The molecule has 0 aliphatic rings. The molecule has 0 aromatic carbocycles. The van der Waals surface area contributed by atoms with Crippen LogP contribution in [-0.4, -0.2) is 41.4 Å². The van der Waals surface area contributed by atoms with Crippen molar-refractivity contribution in [2.45, 2.75) is 20.0 Å². The highest BCUT2D eigenvalue weighted by Crippen LogP contribution is 2.28. The standard InChI is InChI=1S/C10H18N4O2/c1-4-11-9-8(16-3)10(14-6-13-9)12-5-7(2)15/h6-7,15H,4-5H2,1-3H3,(H2,11,12,13,14). The van der Waals surface area contributed by atoms with Gasteiger partial charge in [-0.15, -0.1) is 0 Å². The first kappa shape index (κ1) is 12.5. The van der Waals surface area contributed by atoms with E-state index >= 15 is 0 Å². The van der Waals surface area contributed by atoms with E-state index in [9.17, 15) is 5.11 Å². The molecular formula is C10H18N4O2. The van der Waals surface area contributed by atoms with Crippen molar-refractivity contribution in [3.63, 3.8) is 0 Å². The van der Waals surface area contributed by atoms with Crippen molar-refractivity contribution in [2.75, 3.05) is 30.8 Å². The van der Waals surface area contributed by atoms with Crippen molar-refractivity contribution >= 4 is 11.6 Å². The fraction of sp³-hybridized carbons (Fsp3) is 0.600. The molecule has 0 aliphatic carbocycles. The second-order valence-electron chi connectivity index (χ2n) is 3.36. The van der Waals surface area contributed by atoms with Gasteiger partial charge in [-0.3, -0.25) is 0 Å². The quantitative estimate of drug-likeness (QED) is 0.663.